The molecule has 0 bridgehead atoms. The summed E-state index contributed by atoms with van der Waals surface area (Å²) in [7, 11) is 1.64. The number of alkyl halides is 3. The minimum atomic E-state index is -4.69. The van der Waals surface area contributed by atoms with Gasteiger partial charge in [-0.05, 0) is 70.9 Å². The molecule has 3 aliphatic rings. The molecule has 1 aliphatic heterocycles. The molecule has 2 spiro atoms. The summed E-state index contributed by atoms with van der Waals surface area (Å²) in [6.07, 6.45) is -2.64. The highest BCUT2D eigenvalue weighted by Crippen LogP contribution is 2.62. The number of amides is 2. The lowest BCUT2D eigenvalue weighted by atomic mass is 9.61. The number of benzene rings is 1. The number of hydrogen-bond donors (Lipinski definition) is 1. The molecular weight excluding hydrogens is 463 g/mol. The minimum Gasteiger partial charge on any atom is -0.444 e. The fraction of sp³-hybridized carbons (Fsp3) is 0.640. The molecule has 1 fully saturated rings. The summed E-state index contributed by atoms with van der Waals surface area (Å²) in [6, 6.07) is 5.71. The molecule has 7 nitrogen and oxygen atoms in total. The quantitative estimate of drug-likeness (QED) is 0.650. The van der Waals surface area contributed by atoms with Gasteiger partial charge < -0.3 is 9.47 Å². The number of methoxy groups -OCH3 is 1. The van der Waals surface area contributed by atoms with Gasteiger partial charge in [0.05, 0.1) is 6.10 Å². The van der Waals surface area contributed by atoms with Gasteiger partial charge in [0.15, 0.2) is 5.54 Å². The molecule has 1 aromatic rings. The number of nitrogens with zero attached hydrogens (tertiary/aromatic N) is 2. The van der Waals surface area contributed by atoms with Crippen molar-refractivity contribution in [2.75, 3.05) is 13.7 Å². The lowest BCUT2D eigenvalue weighted by Gasteiger charge is -2.45. The Kier molecular flexibility index (Phi) is 6.18. The van der Waals surface area contributed by atoms with E-state index in [0.717, 1.165) is 11.1 Å². The topological polar surface area (TPSA) is 80.2 Å². The predicted molar refractivity (Wildman–Crippen MR) is 123 cm³/mol. The molecule has 0 saturated heterocycles. The Hall–Kier alpha value is -2.62. The first-order valence-corrected chi connectivity index (χ1v) is 11.8. The number of carbonyl (C=O) groups is 2. The first-order chi connectivity index (χ1) is 16.2. The molecule has 4 rings (SSSR count). The first kappa shape index (κ1) is 25.5. The maximum Gasteiger partial charge on any atom is 0.414 e. The average molecular weight is 496 g/mol. The van der Waals surface area contributed by atoms with Crippen LogP contribution in [0.4, 0.5) is 18.0 Å². The smallest absolute Gasteiger partial charge is 0.414 e. The Morgan fingerprint density at radius 3 is 2.46 bits per heavy atom. The van der Waals surface area contributed by atoms with Crippen molar-refractivity contribution in [2.45, 2.75) is 83.2 Å². The summed E-state index contributed by atoms with van der Waals surface area (Å²) in [5.41, 5.74) is -0.749. The molecule has 1 aromatic carbocycles. The van der Waals surface area contributed by atoms with E-state index in [1.54, 1.807) is 27.9 Å². The maximum absolute atomic E-state index is 14.1. The van der Waals surface area contributed by atoms with Gasteiger partial charge >= 0.3 is 12.3 Å². The van der Waals surface area contributed by atoms with Crippen molar-refractivity contribution < 1.29 is 32.2 Å². The molecule has 35 heavy (non-hydrogen) atoms. The third kappa shape index (κ3) is 4.52. The molecule has 10 heteroatoms. The summed E-state index contributed by atoms with van der Waals surface area (Å²) >= 11 is 0. The number of ether oxygens (including phenoxy) is 2. The second-order valence-corrected chi connectivity index (χ2v) is 10.8. The van der Waals surface area contributed by atoms with Gasteiger partial charge in [0.2, 0.25) is 5.96 Å². The second kappa shape index (κ2) is 8.50. The fourth-order valence-electron chi connectivity index (χ4n) is 5.77. The van der Waals surface area contributed by atoms with Gasteiger partial charge in [0.1, 0.15) is 12.1 Å². The van der Waals surface area contributed by atoms with Crippen molar-refractivity contribution in [1.29, 1.82) is 0 Å². The third-order valence-electron chi connectivity index (χ3n) is 7.21. The zero-order valence-corrected chi connectivity index (χ0v) is 20.7. The van der Waals surface area contributed by atoms with E-state index < -0.39 is 47.2 Å². The van der Waals surface area contributed by atoms with E-state index in [1.165, 1.54) is 0 Å². The van der Waals surface area contributed by atoms with Gasteiger partial charge in [-0.3, -0.25) is 15.0 Å². The molecule has 1 atom stereocenters. The van der Waals surface area contributed by atoms with Crippen LogP contribution in [0, 0.1) is 12.3 Å². The summed E-state index contributed by atoms with van der Waals surface area (Å²) in [6.45, 7) is 5.24. The number of alkyl carbamates (subject to hydrolysis) is 1. The molecule has 1 saturated carbocycles. The summed E-state index contributed by atoms with van der Waals surface area (Å²) in [5.74, 6) is -1.19. The van der Waals surface area contributed by atoms with Crippen LogP contribution in [-0.2, 0) is 26.2 Å². The van der Waals surface area contributed by atoms with Crippen LogP contribution in [0.25, 0.3) is 0 Å². The maximum atomic E-state index is 14.1. The van der Waals surface area contributed by atoms with Gasteiger partial charge in [0, 0.05) is 12.5 Å². The van der Waals surface area contributed by atoms with Crippen molar-refractivity contribution >= 4 is 18.0 Å². The van der Waals surface area contributed by atoms with Crippen LogP contribution in [0.15, 0.2) is 23.2 Å². The van der Waals surface area contributed by atoms with E-state index in [4.69, 9.17) is 9.47 Å². The lowest BCUT2D eigenvalue weighted by molar-refractivity contribution is -0.158. The van der Waals surface area contributed by atoms with Gasteiger partial charge in [-0.25, -0.2) is 9.79 Å². The standard InChI is InChI=1S/C25H32F3N3O4/c1-15-6-7-16-13-23(10-8-17(34-5)9-11-23)25(18(16)12-15)19(32)31(14-24(26,27)28)20(30-25)29-21(33)35-22(2,3)4/h6-7,12,17H,8-11,13-14H2,1-5H3,(H,29,30,33). The van der Waals surface area contributed by atoms with Crippen molar-refractivity contribution in [3.05, 3.63) is 34.9 Å². The molecule has 0 aromatic heterocycles. The molecular formula is C25H32F3N3O4. The van der Waals surface area contributed by atoms with Crippen molar-refractivity contribution in [2.24, 2.45) is 10.4 Å². The molecule has 192 valence electrons. The normalized spacial score (nSPS) is 28.5. The number of guanidine groups is 1. The first-order valence-electron chi connectivity index (χ1n) is 11.8. The van der Waals surface area contributed by atoms with Crippen molar-refractivity contribution in [1.82, 2.24) is 10.2 Å². The number of hydrogen-bond acceptors (Lipinski definition) is 5. The number of aliphatic imine (C=N–C) groups is 1. The SMILES string of the molecule is COC1CCC2(CC1)Cc1ccc(C)cc1C21N=C(NC(=O)OC(C)(C)C)N(CC(F)(F)F)C1=O. The number of halogens is 3. The van der Waals surface area contributed by atoms with Gasteiger partial charge in [0.25, 0.3) is 5.91 Å². The lowest BCUT2D eigenvalue weighted by Crippen LogP contribution is -2.54. The van der Waals surface area contributed by atoms with Crippen LogP contribution < -0.4 is 5.32 Å². The van der Waals surface area contributed by atoms with Crippen LogP contribution in [-0.4, -0.2) is 54.4 Å². The Labute approximate surface area is 203 Å². The van der Waals surface area contributed by atoms with Crippen LogP contribution >= 0.6 is 0 Å². The number of nitrogens with one attached hydrogen (secondary N) is 1. The van der Waals surface area contributed by atoms with E-state index in [9.17, 15) is 22.8 Å². The van der Waals surface area contributed by atoms with E-state index in [1.807, 2.05) is 25.1 Å². The largest absolute Gasteiger partial charge is 0.444 e. The predicted octanol–water partition coefficient (Wildman–Crippen LogP) is 4.61. The Bertz CT molecular complexity index is 1060. The van der Waals surface area contributed by atoms with E-state index >= 15 is 0 Å². The summed E-state index contributed by atoms with van der Waals surface area (Å²) in [4.78, 5) is 31.9. The van der Waals surface area contributed by atoms with Crippen LogP contribution in [0.1, 0.15) is 63.1 Å². The highest BCUT2D eigenvalue weighted by Gasteiger charge is 2.67. The average Bonchev–Trinajstić information content (AvgIpc) is 3.14. The number of aryl methyl sites for hydroxylation is 1. The molecule has 1 heterocycles. The van der Waals surface area contributed by atoms with E-state index in [0.29, 0.717) is 42.6 Å². The fourth-order valence-corrected chi connectivity index (χ4v) is 5.77. The van der Waals surface area contributed by atoms with Gasteiger partial charge in [-0.1, -0.05) is 23.8 Å². The number of carbonyl (C=O) groups excluding carboxylic acids is 2. The Morgan fingerprint density at radius 1 is 1.23 bits per heavy atom. The number of rotatable bonds is 2. The van der Waals surface area contributed by atoms with Crippen LogP contribution in [0.2, 0.25) is 0 Å². The highest BCUT2D eigenvalue weighted by molar-refractivity contribution is 6.12. The van der Waals surface area contributed by atoms with E-state index in [2.05, 4.69) is 10.3 Å². The zero-order chi connectivity index (χ0) is 25.8. The molecule has 0 radical (unpaired) electrons. The highest BCUT2D eigenvalue weighted by atomic mass is 19.4. The summed E-state index contributed by atoms with van der Waals surface area (Å²) < 4.78 is 51.6. The number of fused-ring (bicyclic) bond motifs is 3. The third-order valence-corrected chi connectivity index (χ3v) is 7.21. The molecule has 2 amide bonds. The zero-order valence-electron chi connectivity index (χ0n) is 20.7. The van der Waals surface area contributed by atoms with Crippen LogP contribution in [0.3, 0.4) is 0 Å². The Balaban J connectivity index is 1.84. The molecule has 1 unspecified atom stereocenters. The summed E-state index contributed by atoms with van der Waals surface area (Å²) in [5, 5.41) is 2.35. The molecule has 2 aliphatic carbocycles. The monoisotopic (exact) mass is 495 g/mol. The van der Waals surface area contributed by atoms with Crippen molar-refractivity contribution in [3.8, 4) is 0 Å². The minimum absolute atomic E-state index is 0.0224. The van der Waals surface area contributed by atoms with Gasteiger partial charge in [-0.15, -0.1) is 0 Å². The second-order valence-electron chi connectivity index (χ2n) is 10.8. The van der Waals surface area contributed by atoms with Crippen LogP contribution in [0.5, 0.6) is 0 Å². The molecule has 1 N–H and O–H groups in total. The van der Waals surface area contributed by atoms with Crippen molar-refractivity contribution in [3.63, 3.8) is 0 Å². The van der Waals surface area contributed by atoms with Gasteiger partial charge in [-0.2, -0.15) is 13.2 Å². The Morgan fingerprint density at radius 2 is 1.89 bits per heavy atom. The van der Waals surface area contributed by atoms with E-state index in [-0.39, 0.29) is 6.10 Å².